The molecule has 2 aromatic heterocycles. The van der Waals surface area contributed by atoms with Gasteiger partial charge in [-0.3, -0.25) is 0 Å². The topological polar surface area (TPSA) is 102 Å². The highest BCUT2D eigenvalue weighted by Gasteiger charge is 2.24. The van der Waals surface area contributed by atoms with E-state index in [0.29, 0.717) is 18.1 Å². The first-order chi connectivity index (χ1) is 9.81. The third kappa shape index (κ3) is 1.63. The van der Waals surface area contributed by atoms with Crippen molar-refractivity contribution in [2.24, 2.45) is 0 Å². The zero-order valence-corrected chi connectivity index (χ0v) is 10.5. The molecule has 7 heteroatoms. The number of para-hydroxylation sites is 1. The minimum absolute atomic E-state index is 0.0343. The monoisotopic (exact) mass is 268 g/mol. The number of anilines is 2. The van der Waals surface area contributed by atoms with Crippen LogP contribution in [-0.4, -0.2) is 26.5 Å². The minimum Gasteiger partial charge on any atom is -0.491 e. The van der Waals surface area contributed by atoms with E-state index in [9.17, 15) is 0 Å². The number of hydrogen-bond acceptors (Lipinski definition) is 6. The fraction of sp³-hybridized carbons (Fsp3) is 0.154. The molecule has 0 bridgehead atoms. The van der Waals surface area contributed by atoms with E-state index in [0.717, 1.165) is 16.8 Å². The average molecular weight is 268 g/mol. The lowest BCUT2D eigenvalue weighted by Gasteiger charge is -2.12. The molecule has 3 heterocycles. The van der Waals surface area contributed by atoms with E-state index < -0.39 is 0 Å². The minimum atomic E-state index is 0.0343. The molecular weight excluding hydrogens is 256 g/mol. The second kappa shape index (κ2) is 4.09. The normalized spacial score (nSPS) is 16.9. The van der Waals surface area contributed by atoms with Crippen molar-refractivity contribution in [1.29, 1.82) is 0 Å². The van der Waals surface area contributed by atoms with E-state index in [2.05, 4.69) is 25.3 Å². The Kier molecular flexibility index (Phi) is 2.26. The van der Waals surface area contributed by atoms with Gasteiger partial charge in [-0.05, 0) is 6.07 Å². The molecule has 0 saturated heterocycles. The van der Waals surface area contributed by atoms with Gasteiger partial charge in [-0.15, -0.1) is 0 Å². The van der Waals surface area contributed by atoms with Crippen molar-refractivity contribution in [2.45, 2.75) is 6.04 Å². The molecule has 1 aliphatic heterocycles. The lowest BCUT2D eigenvalue weighted by Crippen LogP contribution is -2.14. The first-order valence-electron chi connectivity index (χ1n) is 6.26. The third-order valence-electron chi connectivity index (χ3n) is 3.31. The summed E-state index contributed by atoms with van der Waals surface area (Å²) in [4.78, 5) is 15.4. The molecular formula is C13H12N6O. The number of H-pyrrole nitrogens is 1. The van der Waals surface area contributed by atoms with Crippen LogP contribution in [0.15, 0.2) is 30.6 Å². The van der Waals surface area contributed by atoms with Crippen LogP contribution >= 0.6 is 0 Å². The van der Waals surface area contributed by atoms with Gasteiger partial charge in [-0.25, -0.2) is 4.98 Å². The number of fused-ring (bicyclic) bond motifs is 2. The SMILES string of the molecule is Nc1nc(NC2COc3ccccc32)c2[nH]cnc2n1. The highest BCUT2D eigenvalue weighted by molar-refractivity contribution is 5.83. The number of aromatic amines is 1. The Hall–Kier alpha value is -2.83. The van der Waals surface area contributed by atoms with Crippen molar-refractivity contribution < 1.29 is 4.74 Å². The number of ether oxygens (including phenoxy) is 1. The van der Waals surface area contributed by atoms with Gasteiger partial charge in [0.25, 0.3) is 0 Å². The van der Waals surface area contributed by atoms with Crippen molar-refractivity contribution in [3.63, 3.8) is 0 Å². The van der Waals surface area contributed by atoms with Crippen LogP contribution in [0, 0.1) is 0 Å². The molecule has 1 aliphatic rings. The van der Waals surface area contributed by atoms with Gasteiger partial charge in [-0.1, -0.05) is 18.2 Å². The van der Waals surface area contributed by atoms with Crippen molar-refractivity contribution in [1.82, 2.24) is 19.9 Å². The van der Waals surface area contributed by atoms with Crippen molar-refractivity contribution in [2.75, 3.05) is 17.7 Å². The van der Waals surface area contributed by atoms with E-state index in [-0.39, 0.29) is 12.0 Å². The first kappa shape index (κ1) is 11.0. The Morgan fingerprint density at radius 3 is 3.15 bits per heavy atom. The van der Waals surface area contributed by atoms with Gasteiger partial charge in [0.2, 0.25) is 5.95 Å². The molecule has 20 heavy (non-hydrogen) atoms. The molecule has 1 atom stereocenters. The summed E-state index contributed by atoms with van der Waals surface area (Å²) in [7, 11) is 0. The fourth-order valence-corrected chi connectivity index (χ4v) is 2.40. The fourth-order valence-electron chi connectivity index (χ4n) is 2.40. The van der Waals surface area contributed by atoms with Crippen LogP contribution in [0.5, 0.6) is 5.75 Å². The zero-order valence-electron chi connectivity index (χ0n) is 10.5. The van der Waals surface area contributed by atoms with Gasteiger partial charge in [0.15, 0.2) is 11.5 Å². The molecule has 0 amide bonds. The summed E-state index contributed by atoms with van der Waals surface area (Å²) in [6, 6.07) is 7.97. The molecule has 3 aromatic rings. The van der Waals surface area contributed by atoms with Crippen LogP contribution < -0.4 is 15.8 Å². The van der Waals surface area contributed by atoms with Gasteiger partial charge in [-0.2, -0.15) is 9.97 Å². The van der Waals surface area contributed by atoms with E-state index in [1.165, 1.54) is 0 Å². The highest BCUT2D eigenvalue weighted by atomic mass is 16.5. The molecule has 0 fully saturated rings. The molecule has 0 spiro atoms. The van der Waals surface area contributed by atoms with Gasteiger partial charge in [0.05, 0.1) is 12.4 Å². The molecule has 0 saturated carbocycles. The number of rotatable bonds is 2. The first-order valence-corrected chi connectivity index (χ1v) is 6.26. The number of nitrogens with zero attached hydrogens (tertiary/aromatic N) is 3. The largest absolute Gasteiger partial charge is 0.491 e. The van der Waals surface area contributed by atoms with Crippen LogP contribution in [0.2, 0.25) is 0 Å². The second-order valence-electron chi connectivity index (χ2n) is 4.58. The summed E-state index contributed by atoms with van der Waals surface area (Å²) in [6.07, 6.45) is 1.57. The standard InChI is InChI=1S/C13H12N6O/c14-13-18-11-10(15-6-16-11)12(19-13)17-8-5-20-9-4-2-1-3-7(8)9/h1-4,6,8H,5H2,(H4,14,15,16,17,18,19). The summed E-state index contributed by atoms with van der Waals surface area (Å²) >= 11 is 0. The van der Waals surface area contributed by atoms with Gasteiger partial charge in [0, 0.05) is 5.56 Å². The lowest BCUT2D eigenvalue weighted by atomic mass is 10.1. The Balaban J connectivity index is 1.74. The van der Waals surface area contributed by atoms with Crippen molar-refractivity contribution in [3.8, 4) is 5.75 Å². The van der Waals surface area contributed by atoms with E-state index in [1.54, 1.807) is 6.33 Å². The van der Waals surface area contributed by atoms with Crippen LogP contribution in [0.4, 0.5) is 11.8 Å². The zero-order chi connectivity index (χ0) is 13.5. The maximum atomic E-state index is 5.71. The Labute approximate surface area is 114 Å². The van der Waals surface area contributed by atoms with Crippen LogP contribution in [0.3, 0.4) is 0 Å². The number of hydrogen-bond donors (Lipinski definition) is 3. The van der Waals surface area contributed by atoms with E-state index in [1.807, 2.05) is 24.3 Å². The molecule has 7 nitrogen and oxygen atoms in total. The summed E-state index contributed by atoms with van der Waals surface area (Å²) in [5.74, 6) is 1.72. The maximum absolute atomic E-state index is 5.71. The number of nitrogens with two attached hydrogens (primary N) is 1. The van der Waals surface area contributed by atoms with E-state index in [4.69, 9.17) is 10.5 Å². The van der Waals surface area contributed by atoms with Gasteiger partial charge in [0.1, 0.15) is 17.9 Å². The average Bonchev–Trinajstić information content (AvgIpc) is 3.06. The summed E-state index contributed by atoms with van der Waals surface area (Å²) in [5, 5.41) is 3.34. The Morgan fingerprint density at radius 2 is 2.20 bits per heavy atom. The number of imidazole rings is 1. The number of nitrogens with one attached hydrogen (secondary N) is 2. The van der Waals surface area contributed by atoms with Crippen LogP contribution in [0.1, 0.15) is 11.6 Å². The molecule has 1 aromatic carbocycles. The summed E-state index contributed by atoms with van der Waals surface area (Å²) in [5.41, 5.74) is 8.10. The maximum Gasteiger partial charge on any atom is 0.224 e. The third-order valence-corrected chi connectivity index (χ3v) is 3.31. The van der Waals surface area contributed by atoms with Gasteiger partial charge >= 0.3 is 0 Å². The Bertz CT molecular complexity index is 783. The predicted octanol–water partition coefficient (Wildman–Crippen LogP) is 1.48. The second-order valence-corrected chi connectivity index (χ2v) is 4.58. The molecule has 4 rings (SSSR count). The lowest BCUT2D eigenvalue weighted by molar-refractivity contribution is 0.339. The Morgan fingerprint density at radius 1 is 1.30 bits per heavy atom. The molecule has 100 valence electrons. The molecule has 1 unspecified atom stereocenters. The van der Waals surface area contributed by atoms with Crippen LogP contribution in [-0.2, 0) is 0 Å². The molecule has 0 aliphatic carbocycles. The highest BCUT2D eigenvalue weighted by Crippen LogP contribution is 2.34. The van der Waals surface area contributed by atoms with Crippen molar-refractivity contribution in [3.05, 3.63) is 36.2 Å². The van der Waals surface area contributed by atoms with Crippen molar-refractivity contribution >= 4 is 22.9 Å². The number of benzene rings is 1. The molecule has 0 radical (unpaired) electrons. The number of nitrogen functional groups attached to an aromatic ring is 1. The smallest absolute Gasteiger partial charge is 0.224 e. The molecule has 4 N–H and O–H groups in total. The number of aromatic nitrogens is 4. The van der Waals surface area contributed by atoms with Crippen LogP contribution in [0.25, 0.3) is 11.2 Å². The summed E-state index contributed by atoms with van der Waals surface area (Å²) in [6.45, 7) is 0.554. The predicted molar refractivity (Wildman–Crippen MR) is 74.4 cm³/mol. The summed E-state index contributed by atoms with van der Waals surface area (Å²) < 4.78 is 5.64. The quantitative estimate of drug-likeness (QED) is 0.650. The van der Waals surface area contributed by atoms with Gasteiger partial charge < -0.3 is 20.8 Å². The van der Waals surface area contributed by atoms with E-state index >= 15 is 0 Å².